The summed E-state index contributed by atoms with van der Waals surface area (Å²) >= 11 is 0. The summed E-state index contributed by atoms with van der Waals surface area (Å²) in [7, 11) is 4.08. The second-order valence-corrected chi connectivity index (χ2v) is 5.43. The lowest BCUT2D eigenvalue weighted by Crippen LogP contribution is -2.09. The quantitative estimate of drug-likeness (QED) is 0.883. The molecule has 2 aromatic rings. The van der Waals surface area contributed by atoms with Gasteiger partial charge in [0.25, 0.3) is 0 Å². The van der Waals surface area contributed by atoms with Crippen LogP contribution in [0.15, 0.2) is 48.5 Å². The zero-order valence-corrected chi connectivity index (χ0v) is 13.0. The molecule has 2 N–H and O–H groups in total. The first-order valence-corrected chi connectivity index (χ1v) is 7.33. The van der Waals surface area contributed by atoms with Gasteiger partial charge in [-0.25, -0.2) is 0 Å². The molecular formula is C18H24N2O. The first kappa shape index (κ1) is 15.4. The molecule has 0 amide bonds. The predicted molar refractivity (Wildman–Crippen MR) is 89.0 cm³/mol. The average molecular weight is 284 g/mol. The molecule has 0 fully saturated rings. The summed E-state index contributed by atoms with van der Waals surface area (Å²) in [5, 5.41) is 0. The highest BCUT2D eigenvalue weighted by Gasteiger charge is 2.08. The molecule has 21 heavy (non-hydrogen) atoms. The summed E-state index contributed by atoms with van der Waals surface area (Å²) in [6.45, 7) is 2.73. The average Bonchev–Trinajstić information content (AvgIpc) is 2.48. The van der Waals surface area contributed by atoms with E-state index in [9.17, 15) is 0 Å². The van der Waals surface area contributed by atoms with Crippen LogP contribution in [0.5, 0.6) is 5.75 Å². The third-order valence-corrected chi connectivity index (χ3v) is 3.52. The van der Waals surface area contributed by atoms with Gasteiger partial charge in [-0.05, 0) is 55.3 Å². The Bertz CT molecular complexity index is 564. The topological polar surface area (TPSA) is 38.5 Å². The van der Waals surface area contributed by atoms with E-state index in [1.165, 1.54) is 16.8 Å². The van der Waals surface area contributed by atoms with Crippen molar-refractivity contribution in [2.24, 2.45) is 5.73 Å². The molecule has 0 spiro atoms. The minimum atomic E-state index is 0.0225. The smallest absolute Gasteiger partial charge is 0.121 e. The van der Waals surface area contributed by atoms with Crippen LogP contribution in [0.1, 0.15) is 24.2 Å². The van der Waals surface area contributed by atoms with E-state index < -0.39 is 0 Å². The molecule has 0 aliphatic rings. The van der Waals surface area contributed by atoms with Crippen LogP contribution in [0.2, 0.25) is 0 Å². The maximum atomic E-state index is 6.03. The van der Waals surface area contributed by atoms with Crippen LogP contribution in [0, 0.1) is 0 Å². The van der Waals surface area contributed by atoms with E-state index in [1.54, 1.807) is 0 Å². The Balaban J connectivity index is 2.06. The number of ether oxygens (including phenoxy) is 1. The lowest BCUT2D eigenvalue weighted by atomic mass is 10.1. The molecule has 0 heterocycles. The third kappa shape index (κ3) is 4.23. The minimum absolute atomic E-state index is 0.0225. The zero-order valence-electron chi connectivity index (χ0n) is 13.0. The Hall–Kier alpha value is -2.00. The van der Waals surface area contributed by atoms with Crippen molar-refractivity contribution in [1.29, 1.82) is 0 Å². The Morgan fingerprint density at radius 2 is 1.81 bits per heavy atom. The van der Waals surface area contributed by atoms with Gasteiger partial charge in [0.2, 0.25) is 0 Å². The molecule has 112 valence electrons. The van der Waals surface area contributed by atoms with Crippen LogP contribution in [0.25, 0.3) is 0 Å². The predicted octanol–water partition coefficient (Wildman–Crippen LogP) is 3.39. The summed E-state index contributed by atoms with van der Waals surface area (Å²) < 4.78 is 6.03. The second-order valence-electron chi connectivity index (χ2n) is 5.43. The standard InChI is InChI=1S/C18H24N2O/c1-14(16-7-9-17(10-8-16)20(2)3)21-18-6-4-5-15(13-18)11-12-19/h4-10,13-14H,11-12,19H2,1-3H3. The van der Waals surface area contributed by atoms with Gasteiger partial charge in [0, 0.05) is 19.8 Å². The number of rotatable bonds is 6. The normalized spacial score (nSPS) is 12.0. The first-order valence-electron chi connectivity index (χ1n) is 7.33. The number of hydrogen-bond acceptors (Lipinski definition) is 3. The van der Waals surface area contributed by atoms with E-state index in [1.807, 2.05) is 26.2 Å². The second kappa shape index (κ2) is 7.14. The van der Waals surface area contributed by atoms with Crippen LogP contribution >= 0.6 is 0 Å². The van der Waals surface area contributed by atoms with Crippen LogP contribution in [0.4, 0.5) is 5.69 Å². The van der Waals surface area contributed by atoms with Gasteiger partial charge in [-0.15, -0.1) is 0 Å². The lowest BCUT2D eigenvalue weighted by Gasteiger charge is -2.18. The highest BCUT2D eigenvalue weighted by atomic mass is 16.5. The fourth-order valence-corrected chi connectivity index (χ4v) is 2.26. The molecular weight excluding hydrogens is 260 g/mol. The molecule has 0 radical (unpaired) electrons. The van der Waals surface area contributed by atoms with E-state index in [0.29, 0.717) is 6.54 Å². The van der Waals surface area contributed by atoms with Crippen molar-refractivity contribution in [2.45, 2.75) is 19.4 Å². The highest BCUT2D eigenvalue weighted by Crippen LogP contribution is 2.24. The fraction of sp³-hybridized carbons (Fsp3) is 0.333. The molecule has 2 aromatic carbocycles. The lowest BCUT2D eigenvalue weighted by molar-refractivity contribution is 0.227. The van der Waals surface area contributed by atoms with Gasteiger partial charge < -0.3 is 15.4 Å². The molecule has 0 bridgehead atoms. The van der Waals surface area contributed by atoms with Crippen LogP contribution in [-0.2, 0) is 6.42 Å². The Morgan fingerprint density at radius 3 is 2.43 bits per heavy atom. The van der Waals surface area contributed by atoms with Crippen LogP contribution in [-0.4, -0.2) is 20.6 Å². The van der Waals surface area contributed by atoms with Crippen LogP contribution in [0.3, 0.4) is 0 Å². The summed E-state index contributed by atoms with van der Waals surface area (Å²) in [5.74, 6) is 0.894. The molecule has 0 saturated carbocycles. The van der Waals surface area contributed by atoms with E-state index in [4.69, 9.17) is 10.5 Å². The molecule has 3 heteroatoms. The summed E-state index contributed by atoms with van der Waals surface area (Å²) in [4.78, 5) is 2.09. The summed E-state index contributed by atoms with van der Waals surface area (Å²) in [6, 6.07) is 16.6. The van der Waals surface area contributed by atoms with Gasteiger partial charge in [-0.3, -0.25) is 0 Å². The SMILES string of the molecule is CC(Oc1cccc(CCN)c1)c1ccc(N(C)C)cc1. The van der Waals surface area contributed by atoms with Crippen molar-refractivity contribution in [3.8, 4) is 5.75 Å². The fourth-order valence-electron chi connectivity index (χ4n) is 2.26. The molecule has 0 saturated heterocycles. The van der Waals surface area contributed by atoms with E-state index in [-0.39, 0.29) is 6.10 Å². The molecule has 2 rings (SSSR count). The first-order chi connectivity index (χ1) is 10.1. The van der Waals surface area contributed by atoms with Gasteiger partial charge in [0.15, 0.2) is 0 Å². The Kier molecular flexibility index (Phi) is 5.23. The zero-order chi connectivity index (χ0) is 15.2. The number of hydrogen-bond donors (Lipinski definition) is 1. The molecule has 3 nitrogen and oxygen atoms in total. The monoisotopic (exact) mass is 284 g/mol. The van der Waals surface area contributed by atoms with E-state index in [0.717, 1.165) is 12.2 Å². The number of nitrogens with zero attached hydrogens (tertiary/aromatic N) is 1. The van der Waals surface area contributed by atoms with Gasteiger partial charge in [-0.1, -0.05) is 24.3 Å². The van der Waals surface area contributed by atoms with E-state index >= 15 is 0 Å². The minimum Gasteiger partial charge on any atom is -0.486 e. The van der Waals surface area contributed by atoms with Gasteiger partial charge >= 0.3 is 0 Å². The van der Waals surface area contributed by atoms with Crippen molar-refractivity contribution in [3.63, 3.8) is 0 Å². The number of nitrogens with two attached hydrogens (primary N) is 1. The van der Waals surface area contributed by atoms with Crippen molar-refractivity contribution < 1.29 is 4.74 Å². The van der Waals surface area contributed by atoms with Gasteiger partial charge in [0.1, 0.15) is 11.9 Å². The maximum absolute atomic E-state index is 6.03. The summed E-state index contributed by atoms with van der Waals surface area (Å²) in [6.07, 6.45) is 0.901. The maximum Gasteiger partial charge on any atom is 0.121 e. The van der Waals surface area contributed by atoms with Crippen molar-refractivity contribution in [3.05, 3.63) is 59.7 Å². The molecule has 1 atom stereocenters. The summed E-state index contributed by atoms with van der Waals surface area (Å²) in [5.41, 5.74) is 9.17. The molecule has 0 aromatic heterocycles. The van der Waals surface area contributed by atoms with E-state index in [2.05, 4.69) is 48.2 Å². The van der Waals surface area contributed by atoms with Crippen LogP contribution < -0.4 is 15.4 Å². The highest BCUT2D eigenvalue weighted by molar-refractivity contribution is 5.46. The van der Waals surface area contributed by atoms with Gasteiger partial charge in [0.05, 0.1) is 0 Å². The third-order valence-electron chi connectivity index (χ3n) is 3.52. The van der Waals surface area contributed by atoms with Crippen molar-refractivity contribution in [1.82, 2.24) is 0 Å². The Labute approximate surface area is 127 Å². The number of anilines is 1. The molecule has 0 aliphatic carbocycles. The van der Waals surface area contributed by atoms with Gasteiger partial charge in [-0.2, -0.15) is 0 Å². The van der Waals surface area contributed by atoms with Crippen molar-refractivity contribution in [2.75, 3.05) is 25.5 Å². The molecule has 1 unspecified atom stereocenters. The Morgan fingerprint density at radius 1 is 1.10 bits per heavy atom. The van der Waals surface area contributed by atoms with Crippen molar-refractivity contribution >= 4 is 5.69 Å². The molecule has 0 aliphatic heterocycles. The largest absolute Gasteiger partial charge is 0.486 e. The number of benzene rings is 2.